The number of hydrogen-bond donors (Lipinski definition) is 2. The van der Waals surface area contributed by atoms with E-state index in [0.717, 1.165) is 25.6 Å². The molecule has 5 nitrogen and oxygen atoms in total. The zero-order valence-electron chi connectivity index (χ0n) is 14.4. The van der Waals surface area contributed by atoms with Gasteiger partial charge in [0.05, 0.1) is 12.6 Å². The van der Waals surface area contributed by atoms with Crippen molar-refractivity contribution in [2.45, 2.75) is 32.9 Å². The van der Waals surface area contributed by atoms with Crippen LogP contribution < -0.4 is 10.6 Å². The molecule has 22 heavy (non-hydrogen) atoms. The average molecular weight is 327 g/mol. The van der Waals surface area contributed by atoms with Crippen LogP contribution in [-0.4, -0.2) is 57.3 Å². The molecule has 0 aliphatic carbocycles. The number of ether oxygens (including phenoxy) is 1. The first-order valence-corrected chi connectivity index (χ1v) is 8.82. The summed E-state index contributed by atoms with van der Waals surface area (Å²) in [5.41, 5.74) is 1.36. The molecule has 0 fully saturated rings. The maximum Gasteiger partial charge on any atom is 0.191 e. The van der Waals surface area contributed by atoms with Gasteiger partial charge in [-0.3, -0.25) is 9.89 Å². The van der Waals surface area contributed by atoms with Crippen LogP contribution in [0, 0.1) is 0 Å². The Morgan fingerprint density at radius 3 is 2.64 bits per heavy atom. The second kappa shape index (κ2) is 10.6. The van der Waals surface area contributed by atoms with Gasteiger partial charge >= 0.3 is 0 Å². The Balaban J connectivity index is 2.66. The van der Waals surface area contributed by atoms with Crippen molar-refractivity contribution in [1.82, 2.24) is 15.5 Å². The molecule has 0 spiro atoms. The van der Waals surface area contributed by atoms with Crippen LogP contribution in [0.4, 0.5) is 0 Å². The minimum Gasteiger partial charge on any atom is -0.383 e. The highest BCUT2D eigenvalue weighted by Crippen LogP contribution is 2.22. The van der Waals surface area contributed by atoms with Crippen molar-refractivity contribution in [2.75, 3.05) is 40.4 Å². The van der Waals surface area contributed by atoms with Gasteiger partial charge in [-0.05, 0) is 42.4 Å². The molecule has 1 aromatic rings. The second-order valence-corrected chi connectivity index (χ2v) is 6.03. The van der Waals surface area contributed by atoms with Crippen molar-refractivity contribution >= 4 is 17.3 Å². The van der Waals surface area contributed by atoms with Gasteiger partial charge in [0.1, 0.15) is 0 Å². The number of rotatable bonds is 9. The summed E-state index contributed by atoms with van der Waals surface area (Å²) in [4.78, 5) is 6.76. The van der Waals surface area contributed by atoms with Crippen molar-refractivity contribution in [1.29, 1.82) is 0 Å². The van der Waals surface area contributed by atoms with E-state index in [1.807, 2.05) is 0 Å². The highest BCUT2D eigenvalue weighted by Gasteiger charge is 2.19. The van der Waals surface area contributed by atoms with E-state index in [-0.39, 0.29) is 6.04 Å². The highest BCUT2D eigenvalue weighted by molar-refractivity contribution is 7.07. The van der Waals surface area contributed by atoms with E-state index in [1.54, 1.807) is 25.5 Å². The van der Waals surface area contributed by atoms with Crippen LogP contribution in [0.25, 0.3) is 0 Å². The number of thiophene rings is 1. The molecule has 6 heteroatoms. The lowest BCUT2D eigenvalue weighted by molar-refractivity contribution is 0.178. The van der Waals surface area contributed by atoms with Crippen molar-refractivity contribution in [2.24, 2.45) is 4.99 Å². The van der Waals surface area contributed by atoms with Gasteiger partial charge in [-0.25, -0.2) is 0 Å². The smallest absolute Gasteiger partial charge is 0.191 e. The molecule has 0 saturated heterocycles. The molecule has 0 aliphatic heterocycles. The first kappa shape index (κ1) is 18.9. The van der Waals surface area contributed by atoms with Crippen LogP contribution in [0.1, 0.15) is 32.4 Å². The van der Waals surface area contributed by atoms with Gasteiger partial charge in [0.15, 0.2) is 5.96 Å². The Hall–Kier alpha value is -1.11. The van der Waals surface area contributed by atoms with E-state index >= 15 is 0 Å². The summed E-state index contributed by atoms with van der Waals surface area (Å²) in [6.07, 6.45) is 0. The van der Waals surface area contributed by atoms with E-state index in [2.05, 4.69) is 58.1 Å². The summed E-state index contributed by atoms with van der Waals surface area (Å²) in [5.74, 6) is 0.817. The summed E-state index contributed by atoms with van der Waals surface area (Å²) in [7, 11) is 3.51. The van der Waals surface area contributed by atoms with E-state index in [4.69, 9.17) is 4.74 Å². The molecule has 0 saturated carbocycles. The SMILES string of the molecule is CCN(CC)C(CNC(=NC)NC(C)COC)c1ccsc1. The standard InChI is InChI=1S/C16H30N4OS/c1-6-20(7-2)15(14-8-9-22-12-14)10-18-16(17-4)19-13(3)11-21-5/h8-9,12-13,15H,6-7,10-11H2,1-5H3,(H2,17,18,19). The normalized spacial score (nSPS) is 14.9. The molecule has 1 rings (SSSR count). The predicted octanol–water partition coefficient (Wildman–Crippen LogP) is 2.33. The van der Waals surface area contributed by atoms with Crippen molar-refractivity contribution < 1.29 is 4.74 Å². The molecule has 1 heterocycles. The van der Waals surface area contributed by atoms with Gasteiger partial charge in [0.2, 0.25) is 0 Å². The Morgan fingerprint density at radius 2 is 2.14 bits per heavy atom. The average Bonchev–Trinajstić information content (AvgIpc) is 3.04. The fourth-order valence-electron chi connectivity index (χ4n) is 2.50. The highest BCUT2D eigenvalue weighted by atomic mass is 32.1. The van der Waals surface area contributed by atoms with Crippen molar-refractivity contribution in [3.63, 3.8) is 0 Å². The topological polar surface area (TPSA) is 48.9 Å². The summed E-state index contributed by atoms with van der Waals surface area (Å²) < 4.78 is 5.15. The van der Waals surface area contributed by atoms with E-state index in [1.165, 1.54) is 5.56 Å². The summed E-state index contributed by atoms with van der Waals surface area (Å²) in [6.45, 7) is 10.0. The maximum absolute atomic E-state index is 5.15. The largest absolute Gasteiger partial charge is 0.383 e. The molecular formula is C16H30N4OS. The molecule has 0 radical (unpaired) electrons. The fraction of sp³-hybridized carbons (Fsp3) is 0.688. The number of hydrogen-bond acceptors (Lipinski definition) is 4. The molecule has 1 aromatic heterocycles. The van der Waals surface area contributed by atoms with E-state index < -0.39 is 0 Å². The Bertz CT molecular complexity index is 418. The molecule has 0 amide bonds. The maximum atomic E-state index is 5.15. The van der Waals surface area contributed by atoms with Crippen LogP contribution in [-0.2, 0) is 4.74 Å². The van der Waals surface area contributed by atoms with Crippen LogP contribution in [0.3, 0.4) is 0 Å². The Labute approximate surface area is 138 Å². The van der Waals surface area contributed by atoms with Crippen LogP contribution in [0.15, 0.2) is 21.8 Å². The second-order valence-electron chi connectivity index (χ2n) is 5.25. The molecule has 0 aromatic carbocycles. The van der Waals surface area contributed by atoms with Gasteiger partial charge in [0.25, 0.3) is 0 Å². The molecule has 126 valence electrons. The third-order valence-corrected chi connectivity index (χ3v) is 4.37. The number of aliphatic imine (C=N–C) groups is 1. The van der Waals surface area contributed by atoms with Gasteiger partial charge in [-0.1, -0.05) is 13.8 Å². The fourth-order valence-corrected chi connectivity index (χ4v) is 3.21. The molecule has 0 bridgehead atoms. The minimum atomic E-state index is 0.226. The molecule has 2 N–H and O–H groups in total. The van der Waals surface area contributed by atoms with E-state index in [0.29, 0.717) is 12.6 Å². The third kappa shape index (κ3) is 5.94. The quantitative estimate of drug-likeness (QED) is 0.540. The molecular weight excluding hydrogens is 296 g/mol. The summed E-state index contributed by atoms with van der Waals surface area (Å²) >= 11 is 1.75. The Morgan fingerprint density at radius 1 is 1.41 bits per heavy atom. The Kier molecular flexibility index (Phi) is 9.11. The molecule has 2 unspecified atom stereocenters. The lowest BCUT2D eigenvalue weighted by atomic mass is 10.1. The third-order valence-electron chi connectivity index (χ3n) is 3.67. The van der Waals surface area contributed by atoms with Gasteiger partial charge in [0, 0.05) is 26.7 Å². The van der Waals surface area contributed by atoms with Gasteiger partial charge in [-0.15, -0.1) is 0 Å². The first-order chi connectivity index (χ1) is 10.7. The number of guanidine groups is 1. The predicted molar refractivity (Wildman–Crippen MR) is 95.8 cm³/mol. The molecule has 2 atom stereocenters. The summed E-state index contributed by atoms with van der Waals surface area (Å²) in [5, 5.41) is 11.2. The van der Waals surface area contributed by atoms with Crippen molar-refractivity contribution in [3.05, 3.63) is 22.4 Å². The lowest BCUT2D eigenvalue weighted by Gasteiger charge is -2.30. The first-order valence-electron chi connectivity index (χ1n) is 7.88. The molecule has 0 aliphatic rings. The van der Waals surface area contributed by atoms with Crippen LogP contribution in [0.5, 0.6) is 0 Å². The minimum absolute atomic E-state index is 0.226. The number of methoxy groups -OCH3 is 1. The zero-order valence-corrected chi connectivity index (χ0v) is 15.2. The number of likely N-dealkylation sites (N-methyl/N-ethyl adjacent to an activating group) is 1. The lowest BCUT2D eigenvalue weighted by Crippen LogP contribution is -2.47. The monoisotopic (exact) mass is 326 g/mol. The number of nitrogens with one attached hydrogen (secondary N) is 2. The zero-order chi connectivity index (χ0) is 16.4. The van der Waals surface area contributed by atoms with Gasteiger partial charge < -0.3 is 15.4 Å². The summed E-state index contributed by atoms with van der Waals surface area (Å²) in [6, 6.07) is 2.79. The number of nitrogens with zero attached hydrogens (tertiary/aromatic N) is 2. The van der Waals surface area contributed by atoms with Crippen LogP contribution in [0.2, 0.25) is 0 Å². The van der Waals surface area contributed by atoms with Crippen LogP contribution >= 0.6 is 11.3 Å². The van der Waals surface area contributed by atoms with Gasteiger partial charge in [-0.2, -0.15) is 11.3 Å². The van der Waals surface area contributed by atoms with Crippen molar-refractivity contribution in [3.8, 4) is 0 Å². The van der Waals surface area contributed by atoms with E-state index in [9.17, 15) is 0 Å².